The third-order valence-electron chi connectivity index (χ3n) is 3.53. The van der Waals surface area contributed by atoms with E-state index in [1.807, 2.05) is 29.8 Å². The van der Waals surface area contributed by atoms with Crippen molar-refractivity contribution in [3.63, 3.8) is 0 Å². The standard InChI is InChI=1S/C18H21N3O4S2/c1-10(2)14(15(22)21-17(19)24)25-16(23)13-7-5-4-6-12(13)9-27-18-20-11(3)8-26-18/h4-8,10,14H,9H2,1-3H3,(H3,19,21,22,24). The van der Waals surface area contributed by atoms with Crippen LogP contribution in [0, 0.1) is 12.8 Å². The summed E-state index contributed by atoms with van der Waals surface area (Å²) >= 11 is 3.07. The van der Waals surface area contributed by atoms with Gasteiger partial charge in [-0.3, -0.25) is 10.1 Å². The molecule has 3 amide bonds. The minimum Gasteiger partial charge on any atom is -0.448 e. The second kappa shape index (κ2) is 9.52. The maximum absolute atomic E-state index is 12.6. The molecule has 2 rings (SSSR count). The SMILES string of the molecule is Cc1csc(SCc2ccccc2C(=O)OC(C(=O)NC(N)=O)C(C)C)n1. The number of amides is 3. The first kappa shape index (κ1) is 20.9. The van der Waals surface area contributed by atoms with Crippen LogP contribution in [0.5, 0.6) is 0 Å². The number of hydrogen-bond acceptors (Lipinski definition) is 7. The molecule has 1 aromatic heterocycles. The summed E-state index contributed by atoms with van der Waals surface area (Å²) in [7, 11) is 0. The number of urea groups is 1. The van der Waals surface area contributed by atoms with Gasteiger partial charge < -0.3 is 10.5 Å². The van der Waals surface area contributed by atoms with Crippen LogP contribution in [-0.4, -0.2) is 29.0 Å². The number of carbonyl (C=O) groups excluding carboxylic acids is 3. The molecule has 0 bridgehead atoms. The van der Waals surface area contributed by atoms with Gasteiger partial charge in [0.1, 0.15) is 4.34 Å². The number of benzene rings is 1. The Balaban J connectivity index is 2.12. The lowest BCUT2D eigenvalue weighted by Crippen LogP contribution is -2.45. The van der Waals surface area contributed by atoms with Crippen molar-refractivity contribution in [2.45, 2.75) is 37.0 Å². The van der Waals surface area contributed by atoms with E-state index in [1.54, 1.807) is 37.3 Å². The predicted molar refractivity (Wildman–Crippen MR) is 105 cm³/mol. The van der Waals surface area contributed by atoms with Crippen LogP contribution in [0.25, 0.3) is 0 Å². The Labute approximate surface area is 165 Å². The fraction of sp³-hybridized carbons (Fsp3) is 0.333. The Bertz CT molecular complexity index is 836. The molecule has 2 aromatic rings. The predicted octanol–water partition coefficient (Wildman–Crippen LogP) is 3.12. The second-order valence-corrected chi connectivity index (χ2v) is 8.20. The van der Waals surface area contributed by atoms with Gasteiger partial charge in [-0.25, -0.2) is 14.6 Å². The molecule has 27 heavy (non-hydrogen) atoms. The fourth-order valence-corrected chi connectivity index (χ4v) is 4.10. The Kier molecular flexibility index (Phi) is 7.37. The van der Waals surface area contributed by atoms with E-state index in [4.69, 9.17) is 10.5 Å². The maximum Gasteiger partial charge on any atom is 0.339 e. The summed E-state index contributed by atoms with van der Waals surface area (Å²) in [5, 5.41) is 3.92. The summed E-state index contributed by atoms with van der Waals surface area (Å²) in [6.07, 6.45) is -1.12. The molecule has 1 atom stereocenters. The van der Waals surface area contributed by atoms with E-state index in [1.165, 1.54) is 11.8 Å². The van der Waals surface area contributed by atoms with Crippen LogP contribution in [-0.2, 0) is 15.3 Å². The van der Waals surface area contributed by atoms with Crippen LogP contribution >= 0.6 is 23.1 Å². The molecule has 1 unspecified atom stereocenters. The number of nitrogens with two attached hydrogens (primary N) is 1. The highest BCUT2D eigenvalue weighted by Gasteiger charge is 2.28. The van der Waals surface area contributed by atoms with Crippen LogP contribution in [0.1, 0.15) is 35.5 Å². The Morgan fingerprint density at radius 1 is 1.30 bits per heavy atom. The highest BCUT2D eigenvalue weighted by molar-refractivity contribution is 8.00. The van der Waals surface area contributed by atoms with Gasteiger partial charge in [-0.05, 0) is 24.5 Å². The Morgan fingerprint density at radius 3 is 2.59 bits per heavy atom. The summed E-state index contributed by atoms with van der Waals surface area (Å²) in [5.74, 6) is -1.15. The highest BCUT2D eigenvalue weighted by atomic mass is 32.2. The third-order valence-corrected chi connectivity index (χ3v) is 5.72. The first-order chi connectivity index (χ1) is 12.8. The number of nitrogens with zero attached hydrogens (tertiary/aromatic N) is 1. The molecule has 0 saturated heterocycles. The number of ether oxygens (including phenoxy) is 1. The van der Waals surface area contributed by atoms with Crippen LogP contribution in [0.15, 0.2) is 34.0 Å². The maximum atomic E-state index is 12.6. The average Bonchev–Trinajstić information content (AvgIpc) is 3.02. The zero-order chi connectivity index (χ0) is 20.0. The van der Waals surface area contributed by atoms with Crippen LogP contribution < -0.4 is 11.1 Å². The number of nitrogens with one attached hydrogen (secondary N) is 1. The van der Waals surface area contributed by atoms with Crippen molar-refractivity contribution in [2.24, 2.45) is 11.7 Å². The van der Waals surface area contributed by atoms with Crippen molar-refractivity contribution < 1.29 is 19.1 Å². The lowest BCUT2D eigenvalue weighted by atomic mass is 10.1. The van der Waals surface area contributed by atoms with E-state index in [0.717, 1.165) is 15.6 Å². The van der Waals surface area contributed by atoms with Gasteiger partial charge >= 0.3 is 12.0 Å². The van der Waals surface area contributed by atoms with Crippen molar-refractivity contribution in [3.05, 3.63) is 46.5 Å². The molecular formula is C18H21N3O4S2. The van der Waals surface area contributed by atoms with Crippen molar-refractivity contribution in [1.29, 1.82) is 0 Å². The van der Waals surface area contributed by atoms with Crippen molar-refractivity contribution in [3.8, 4) is 0 Å². The molecule has 0 radical (unpaired) electrons. The van der Waals surface area contributed by atoms with E-state index < -0.39 is 24.0 Å². The van der Waals surface area contributed by atoms with E-state index in [0.29, 0.717) is 11.3 Å². The topological polar surface area (TPSA) is 111 Å². The first-order valence-corrected chi connectivity index (χ1v) is 10.1. The average molecular weight is 408 g/mol. The van der Waals surface area contributed by atoms with Gasteiger partial charge in [-0.1, -0.05) is 43.8 Å². The molecule has 7 nitrogen and oxygen atoms in total. The summed E-state index contributed by atoms with van der Waals surface area (Å²) in [4.78, 5) is 40.0. The van der Waals surface area contributed by atoms with Crippen LogP contribution in [0.4, 0.5) is 4.79 Å². The number of hydrogen-bond donors (Lipinski definition) is 2. The number of carbonyl (C=O) groups is 3. The summed E-state index contributed by atoms with van der Waals surface area (Å²) < 4.78 is 6.29. The number of imide groups is 1. The molecule has 0 aliphatic carbocycles. The number of thiazole rings is 1. The fourth-order valence-electron chi connectivity index (χ4n) is 2.25. The number of rotatable bonds is 7. The van der Waals surface area contributed by atoms with Gasteiger partial charge in [0.15, 0.2) is 6.10 Å². The van der Waals surface area contributed by atoms with Crippen LogP contribution in [0.2, 0.25) is 0 Å². The molecule has 1 aromatic carbocycles. The largest absolute Gasteiger partial charge is 0.448 e. The quantitative estimate of drug-likeness (QED) is 0.539. The molecule has 3 N–H and O–H groups in total. The normalized spacial score (nSPS) is 11.9. The second-order valence-electron chi connectivity index (χ2n) is 6.12. The van der Waals surface area contributed by atoms with E-state index in [9.17, 15) is 14.4 Å². The molecule has 1 heterocycles. The van der Waals surface area contributed by atoms with Crippen molar-refractivity contribution in [1.82, 2.24) is 10.3 Å². The third kappa shape index (κ3) is 6.07. The highest BCUT2D eigenvalue weighted by Crippen LogP contribution is 2.27. The minimum absolute atomic E-state index is 0.326. The van der Waals surface area contributed by atoms with Gasteiger partial charge in [0.25, 0.3) is 5.91 Å². The molecule has 9 heteroatoms. The minimum atomic E-state index is -1.12. The first-order valence-electron chi connectivity index (χ1n) is 8.22. The Morgan fingerprint density at radius 2 is 2.00 bits per heavy atom. The van der Waals surface area contributed by atoms with Gasteiger partial charge in [-0.2, -0.15) is 0 Å². The zero-order valence-corrected chi connectivity index (χ0v) is 16.9. The Hall–Kier alpha value is -2.39. The van der Waals surface area contributed by atoms with E-state index in [-0.39, 0.29) is 5.92 Å². The smallest absolute Gasteiger partial charge is 0.339 e. The number of primary amides is 1. The number of esters is 1. The molecule has 0 spiro atoms. The number of aryl methyl sites for hydroxylation is 1. The monoisotopic (exact) mass is 407 g/mol. The van der Waals surface area contributed by atoms with Gasteiger partial charge in [0, 0.05) is 16.8 Å². The van der Waals surface area contributed by atoms with Gasteiger partial charge in [0.05, 0.1) is 5.56 Å². The summed E-state index contributed by atoms with van der Waals surface area (Å²) in [6.45, 7) is 5.35. The molecule has 0 aliphatic rings. The molecule has 144 valence electrons. The van der Waals surface area contributed by atoms with Gasteiger partial charge in [-0.15, -0.1) is 11.3 Å². The lowest BCUT2D eigenvalue weighted by Gasteiger charge is -2.20. The molecular weight excluding hydrogens is 386 g/mol. The summed E-state index contributed by atoms with van der Waals surface area (Å²) in [5.41, 5.74) is 7.08. The van der Waals surface area contributed by atoms with Crippen molar-refractivity contribution >= 4 is 41.0 Å². The zero-order valence-electron chi connectivity index (χ0n) is 15.2. The molecule has 0 saturated carbocycles. The van der Waals surface area contributed by atoms with Gasteiger partial charge in [0.2, 0.25) is 0 Å². The van der Waals surface area contributed by atoms with E-state index >= 15 is 0 Å². The number of thioether (sulfide) groups is 1. The van der Waals surface area contributed by atoms with Crippen molar-refractivity contribution in [2.75, 3.05) is 0 Å². The van der Waals surface area contributed by atoms with Crippen LogP contribution in [0.3, 0.4) is 0 Å². The molecule has 0 aliphatic heterocycles. The van der Waals surface area contributed by atoms with E-state index in [2.05, 4.69) is 4.98 Å². The molecule has 0 fully saturated rings. The lowest BCUT2D eigenvalue weighted by molar-refractivity contribution is -0.130. The number of aromatic nitrogens is 1. The summed E-state index contributed by atoms with van der Waals surface area (Å²) in [6, 6.07) is 6.05.